The maximum atomic E-state index is 13.3. The molecule has 0 bridgehead atoms. The van der Waals surface area contributed by atoms with Crippen molar-refractivity contribution in [3.8, 4) is 17.1 Å². The van der Waals surface area contributed by atoms with Crippen LogP contribution in [0, 0.1) is 11.6 Å². The van der Waals surface area contributed by atoms with Crippen LogP contribution < -0.4 is 5.73 Å². The molecule has 1 aromatic carbocycles. The summed E-state index contributed by atoms with van der Waals surface area (Å²) in [6, 6.07) is 1.43. The third-order valence-electron chi connectivity index (χ3n) is 1.92. The standard InChI is InChI=1S/C9H7F2N3O2/c10-5-2-7(15)6(11)1-4(5)9-13-8(3-12)16-14-9/h1-2,15H,3,12H2. The zero-order valence-corrected chi connectivity index (χ0v) is 7.94. The van der Waals surface area contributed by atoms with Crippen LogP contribution >= 0.6 is 0 Å². The van der Waals surface area contributed by atoms with Crippen molar-refractivity contribution in [1.82, 2.24) is 10.1 Å². The Morgan fingerprint density at radius 3 is 2.69 bits per heavy atom. The molecule has 0 aliphatic heterocycles. The van der Waals surface area contributed by atoms with E-state index < -0.39 is 17.4 Å². The quantitative estimate of drug-likeness (QED) is 0.804. The van der Waals surface area contributed by atoms with Gasteiger partial charge in [0.05, 0.1) is 12.1 Å². The van der Waals surface area contributed by atoms with E-state index in [0.717, 1.165) is 6.07 Å². The number of benzene rings is 1. The van der Waals surface area contributed by atoms with Gasteiger partial charge in [0.1, 0.15) is 5.82 Å². The van der Waals surface area contributed by atoms with Crippen molar-refractivity contribution in [2.75, 3.05) is 0 Å². The monoisotopic (exact) mass is 227 g/mol. The zero-order valence-electron chi connectivity index (χ0n) is 7.94. The lowest BCUT2D eigenvalue weighted by Gasteiger charge is -1.99. The third-order valence-corrected chi connectivity index (χ3v) is 1.92. The highest BCUT2D eigenvalue weighted by molar-refractivity contribution is 5.57. The Morgan fingerprint density at radius 1 is 1.31 bits per heavy atom. The Hall–Kier alpha value is -2.02. The van der Waals surface area contributed by atoms with Crippen molar-refractivity contribution in [3.05, 3.63) is 29.7 Å². The fraction of sp³-hybridized carbons (Fsp3) is 0.111. The average Bonchev–Trinajstić information content (AvgIpc) is 2.71. The van der Waals surface area contributed by atoms with E-state index in [-0.39, 0.29) is 23.8 Å². The topological polar surface area (TPSA) is 85.2 Å². The summed E-state index contributed by atoms with van der Waals surface area (Å²) in [7, 11) is 0. The molecule has 0 aliphatic rings. The van der Waals surface area contributed by atoms with Gasteiger partial charge >= 0.3 is 0 Å². The summed E-state index contributed by atoms with van der Waals surface area (Å²) in [5, 5.41) is 12.4. The molecule has 0 spiro atoms. The number of rotatable bonds is 2. The van der Waals surface area contributed by atoms with Crippen LogP contribution in [0.3, 0.4) is 0 Å². The van der Waals surface area contributed by atoms with Gasteiger partial charge in [0.2, 0.25) is 11.7 Å². The largest absolute Gasteiger partial charge is 0.505 e. The summed E-state index contributed by atoms with van der Waals surface area (Å²) in [6.45, 7) is 0.00911. The summed E-state index contributed by atoms with van der Waals surface area (Å²) in [6.07, 6.45) is 0. The van der Waals surface area contributed by atoms with Crippen LogP contribution in [-0.4, -0.2) is 15.2 Å². The fourth-order valence-corrected chi connectivity index (χ4v) is 1.15. The van der Waals surface area contributed by atoms with Crippen LogP contribution in [0.25, 0.3) is 11.4 Å². The van der Waals surface area contributed by atoms with Gasteiger partial charge < -0.3 is 15.4 Å². The molecule has 0 unspecified atom stereocenters. The van der Waals surface area contributed by atoms with Crippen LogP contribution in [0.1, 0.15) is 5.89 Å². The van der Waals surface area contributed by atoms with Crippen molar-refractivity contribution in [2.45, 2.75) is 6.54 Å². The number of halogens is 2. The Labute approximate surface area is 88.5 Å². The number of hydrogen-bond acceptors (Lipinski definition) is 5. The molecule has 7 heteroatoms. The van der Waals surface area contributed by atoms with Gasteiger partial charge in [0.15, 0.2) is 11.6 Å². The van der Waals surface area contributed by atoms with E-state index in [1.54, 1.807) is 0 Å². The van der Waals surface area contributed by atoms with Gasteiger partial charge in [0, 0.05) is 6.07 Å². The second-order valence-corrected chi connectivity index (χ2v) is 3.00. The van der Waals surface area contributed by atoms with Gasteiger partial charge in [-0.05, 0) is 6.07 Å². The van der Waals surface area contributed by atoms with E-state index in [0.29, 0.717) is 6.07 Å². The predicted molar refractivity (Wildman–Crippen MR) is 49.2 cm³/mol. The summed E-state index contributed by atoms with van der Waals surface area (Å²) in [4.78, 5) is 3.74. The van der Waals surface area contributed by atoms with Crippen LogP contribution in [0.15, 0.2) is 16.7 Å². The molecule has 0 atom stereocenters. The van der Waals surface area contributed by atoms with Crippen LogP contribution in [0.5, 0.6) is 5.75 Å². The highest BCUT2D eigenvalue weighted by Crippen LogP contribution is 2.26. The molecule has 3 N–H and O–H groups in total. The van der Waals surface area contributed by atoms with Gasteiger partial charge in [-0.3, -0.25) is 0 Å². The lowest BCUT2D eigenvalue weighted by atomic mass is 10.2. The molecule has 0 amide bonds. The van der Waals surface area contributed by atoms with Crippen molar-refractivity contribution in [3.63, 3.8) is 0 Å². The van der Waals surface area contributed by atoms with E-state index in [1.165, 1.54) is 0 Å². The lowest BCUT2D eigenvalue weighted by Crippen LogP contribution is -1.96. The number of aromatic hydroxyl groups is 1. The third kappa shape index (κ3) is 1.72. The van der Waals surface area contributed by atoms with Crippen molar-refractivity contribution in [2.24, 2.45) is 5.73 Å². The smallest absolute Gasteiger partial charge is 0.240 e. The second kappa shape index (κ2) is 3.86. The Balaban J connectivity index is 2.51. The number of aromatic nitrogens is 2. The number of nitrogens with two attached hydrogens (primary N) is 1. The lowest BCUT2D eigenvalue weighted by molar-refractivity contribution is 0.380. The molecular weight excluding hydrogens is 220 g/mol. The molecule has 5 nitrogen and oxygen atoms in total. The van der Waals surface area contributed by atoms with Crippen molar-refractivity contribution in [1.29, 1.82) is 0 Å². The fourth-order valence-electron chi connectivity index (χ4n) is 1.15. The Bertz CT molecular complexity index is 527. The molecule has 16 heavy (non-hydrogen) atoms. The van der Waals surface area contributed by atoms with Gasteiger partial charge in [-0.15, -0.1) is 0 Å². The van der Waals surface area contributed by atoms with Crippen LogP contribution in [-0.2, 0) is 6.54 Å². The van der Waals surface area contributed by atoms with Gasteiger partial charge in [-0.1, -0.05) is 5.16 Å². The predicted octanol–water partition coefficient (Wildman–Crippen LogP) is 1.18. The molecule has 1 aromatic heterocycles. The first-order chi connectivity index (χ1) is 7.61. The van der Waals surface area contributed by atoms with E-state index in [9.17, 15) is 8.78 Å². The van der Waals surface area contributed by atoms with E-state index in [4.69, 9.17) is 10.8 Å². The molecule has 0 saturated heterocycles. The first-order valence-electron chi connectivity index (χ1n) is 4.33. The minimum atomic E-state index is -0.963. The Morgan fingerprint density at radius 2 is 2.06 bits per heavy atom. The molecule has 0 aliphatic carbocycles. The van der Waals surface area contributed by atoms with Crippen molar-refractivity contribution < 1.29 is 18.4 Å². The number of hydrogen-bond donors (Lipinski definition) is 2. The van der Waals surface area contributed by atoms with E-state index in [1.807, 2.05) is 0 Å². The molecule has 0 fully saturated rings. The Kier molecular flexibility index (Phi) is 2.53. The first kappa shape index (κ1) is 10.5. The second-order valence-electron chi connectivity index (χ2n) is 3.00. The molecular formula is C9H7F2N3O2. The molecule has 2 rings (SSSR count). The first-order valence-corrected chi connectivity index (χ1v) is 4.33. The minimum absolute atomic E-state index is 0.00911. The van der Waals surface area contributed by atoms with Crippen LogP contribution in [0.2, 0.25) is 0 Å². The number of phenols is 1. The normalized spacial score (nSPS) is 10.7. The highest BCUT2D eigenvalue weighted by atomic mass is 19.1. The van der Waals surface area contributed by atoms with Gasteiger partial charge in [0.25, 0.3) is 0 Å². The maximum absolute atomic E-state index is 13.3. The van der Waals surface area contributed by atoms with Crippen LogP contribution in [0.4, 0.5) is 8.78 Å². The highest BCUT2D eigenvalue weighted by Gasteiger charge is 2.15. The van der Waals surface area contributed by atoms with E-state index >= 15 is 0 Å². The van der Waals surface area contributed by atoms with Crippen molar-refractivity contribution >= 4 is 0 Å². The SMILES string of the molecule is NCc1nc(-c2cc(F)c(O)cc2F)no1. The summed E-state index contributed by atoms with van der Waals surface area (Å²) in [5.74, 6) is -2.58. The zero-order chi connectivity index (χ0) is 11.7. The maximum Gasteiger partial charge on any atom is 0.240 e. The average molecular weight is 227 g/mol. The summed E-state index contributed by atoms with van der Waals surface area (Å²) in [5.41, 5.74) is 5.03. The van der Waals surface area contributed by atoms with Gasteiger partial charge in [-0.2, -0.15) is 4.98 Å². The molecule has 84 valence electrons. The number of phenolic OH excluding ortho intramolecular Hbond substituents is 1. The summed E-state index contributed by atoms with van der Waals surface area (Å²) >= 11 is 0. The van der Waals surface area contributed by atoms with E-state index in [2.05, 4.69) is 14.7 Å². The molecule has 0 radical (unpaired) electrons. The molecule has 2 aromatic rings. The molecule has 1 heterocycles. The minimum Gasteiger partial charge on any atom is -0.505 e. The molecule has 0 saturated carbocycles. The number of nitrogens with zero attached hydrogens (tertiary/aromatic N) is 2. The van der Waals surface area contributed by atoms with Gasteiger partial charge in [-0.25, -0.2) is 8.78 Å². The summed E-state index contributed by atoms with van der Waals surface area (Å²) < 4.78 is 31.0.